The molecule has 2 atom stereocenters. The summed E-state index contributed by atoms with van der Waals surface area (Å²) in [6.45, 7) is 0. The topological polar surface area (TPSA) is 32.3 Å². The predicted octanol–water partition coefficient (Wildman–Crippen LogP) is 1.79. The first-order chi connectivity index (χ1) is 7.34. The molecule has 1 aromatic rings. The summed E-state index contributed by atoms with van der Waals surface area (Å²) in [6, 6.07) is 9.13. The summed E-state index contributed by atoms with van der Waals surface area (Å²) in [6.07, 6.45) is 4.57. The van der Waals surface area contributed by atoms with E-state index in [1.165, 1.54) is 24.8 Å². The summed E-state index contributed by atoms with van der Waals surface area (Å²) < 4.78 is 0. The fourth-order valence-electron chi connectivity index (χ4n) is 2.60. The van der Waals surface area contributed by atoms with E-state index in [1.54, 1.807) is 0 Å². The van der Waals surface area contributed by atoms with Gasteiger partial charge in [-0.15, -0.1) is 0 Å². The Bertz CT molecular complexity index is 359. The van der Waals surface area contributed by atoms with E-state index in [4.69, 9.17) is 0 Å². The van der Waals surface area contributed by atoms with Crippen LogP contribution < -0.4 is 5.32 Å². The number of aliphatic hydroxyl groups is 1. The molecule has 15 heavy (non-hydrogen) atoms. The van der Waals surface area contributed by atoms with E-state index in [0.717, 1.165) is 12.0 Å². The van der Waals surface area contributed by atoms with Crippen molar-refractivity contribution in [1.29, 1.82) is 0 Å². The first kappa shape index (κ1) is 9.37. The van der Waals surface area contributed by atoms with E-state index in [9.17, 15) is 5.11 Å². The third-order valence-electron chi connectivity index (χ3n) is 3.75. The van der Waals surface area contributed by atoms with Gasteiger partial charge in [-0.2, -0.15) is 0 Å². The maximum atomic E-state index is 10.1. The summed E-state index contributed by atoms with van der Waals surface area (Å²) in [5, 5.41) is 13.7. The molecule has 80 valence electrons. The molecule has 2 nitrogen and oxygen atoms in total. The molecule has 3 rings (SSSR count). The molecule has 0 aliphatic heterocycles. The van der Waals surface area contributed by atoms with Crippen molar-refractivity contribution in [3.05, 3.63) is 35.4 Å². The Kier molecular flexibility index (Phi) is 2.26. The Hall–Kier alpha value is -0.860. The minimum Gasteiger partial charge on any atom is -0.387 e. The lowest BCUT2D eigenvalue weighted by atomic mass is 9.92. The van der Waals surface area contributed by atoms with Crippen molar-refractivity contribution in [3.63, 3.8) is 0 Å². The number of hydrogen-bond acceptors (Lipinski definition) is 2. The van der Waals surface area contributed by atoms with Gasteiger partial charge in [0.25, 0.3) is 0 Å². The van der Waals surface area contributed by atoms with E-state index in [0.29, 0.717) is 6.04 Å². The molecule has 0 radical (unpaired) electrons. The molecule has 2 unspecified atom stereocenters. The Morgan fingerprint density at radius 3 is 2.67 bits per heavy atom. The van der Waals surface area contributed by atoms with Gasteiger partial charge in [0.05, 0.1) is 6.10 Å². The van der Waals surface area contributed by atoms with Gasteiger partial charge in [-0.1, -0.05) is 30.7 Å². The molecule has 0 saturated heterocycles. The van der Waals surface area contributed by atoms with Gasteiger partial charge < -0.3 is 10.4 Å². The summed E-state index contributed by atoms with van der Waals surface area (Å²) >= 11 is 0. The number of benzene rings is 1. The molecule has 1 fully saturated rings. The van der Waals surface area contributed by atoms with Crippen LogP contribution in [0.25, 0.3) is 0 Å². The molecule has 0 bridgehead atoms. The minimum absolute atomic E-state index is 0.243. The molecule has 2 N–H and O–H groups in total. The number of hydrogen-bond donors (Lipinski definition) is 2. The third-order valence-corrected chi connectivity index (χ3v) is 3.75. The maximum absolute atomic E-state index is 10.1. The lowest BCUT2D eigenvalue weighted by Crippen LogP contribution is -2.44. The van der Waals surface area contributed by atoms with E-state index >= 15 is 0 Å². The molecule has 0 amide bonds. The highest BCUT2D eigenvalue weighted by Crippen LogP contribution is 2.32. The van der Waals surface area contributed by atoms with Gasteiger partial charge in [-0.25, -0.2) is 0 Å². The molecular formula is C13H17NO. The maximum Gasteiger partial charge on any atom is 0.0948 e. The van der Waals surface area contributed by atoms with Crippen molar-refractivity contribution in [2.45, 2.75) is 43.9 Å². The lowest BCUT2D eigenvalue weighted by molar-refractivity contribution is 0.125. The lowest BCUT2D eigenvalue weighted by Gasteiger charge is -2.31. The Balaban J connectivity index is 1.74. The van der Waals surface area contributed by atoms with Gasteiger partial charge in [0, 0.05) is 12.1 Å². The largest absolute Gasteiger partial charge is 0.387 e. The predicted molar refractivity (Wildman–Crippen MR) is 59.7 cm³/mol. The smallest absolute Gasteiger partial charge is 0.0948 e. The van der Waals surface area contributed by atoms with Crippen LogP contribution >= 0.6 is 0 Å². The first-order valence-corrected chi connectivity index (χ1v) is 5.86. The van der Waals surface area contributed by atoms with Crippen LogP contribution in [-0.4, -0.2) is 17.2 Å². The van der Waals surface area contributed by atoms with Crippen molar-refractivity contribution in [2.24, 2.45) is 0 Å². The minimum atomic E-state index is -0.304. The Labute approximate surface area is 90.3 Å². The van der Waals surface area contributed by atoms with E-state index in [-0.39, 0.29) is 12.1 Å². The van der Waals surface area contributed by atoms with Crippen molar-refractivity contribution in [1.82, 2.24) is 5.32 Å². The summed E-state index contributed by atoms with van der Waals surface area (Å²) in [7, 11) is 0. The monoisotopic (exact) mass is 203 g/mol. The van der Waals surface area contributed by atoms with Crippen LogP contribution in [0.4, 0.5) is 0 Å². The molecule has 0 heterocycles. The van der Waals surface area contributed by atoms with Crippen LogP contribution in [-0.2, 0) is 6.42 Å². The summed E-state index contributed by atoms with van der Waals surface area (Å²) in [4.78, 5) is 0. The van der Waals surface area contributed by atoms with Gasteiger partial charge in [0.15, 0.2) is 0 Å². The average molecular weight is 203 g/mol. The fraction of sp³-hybridized carbons (Fsp3) is 0.538. The highest BCUT2D eigenvalue weighted by atomic mass is 16.3. The van der Waals surface area contributed by atoms with Crippen molar-refractivity contribution in [2.75, 3.05) is 0 Å². The van der Waals surface area contributed by atoms with Gasteiger partial charge in [-0.3, -0.25) is 0 Å². The number of rotatable bonds is 2. The molecule has 2 aliphatic rings. The van der Waals surface area contributed by atoms with Crippen LogP contribution in [0.1, 0.15) is 36.5 Å². The molecule has 1 saturated carbocycles. The summed E-state index contributed by atoms with van der Waals surface area (Å²) in [5.41, 5.74) is 2.43. The second-order valence-corrected chi connectivity index (χ2v) is 4.75. The molecule has 2 heteroatoms. The van der Waals surface area contributed by atoms with Crippen molar-refractivity contribution in [3.8, 4) is 0 Å². The Morgan fingerprint density at radius 2 is 2.00 bits per heavy atom. The normalized spacial score (nSPS) is 29.9. The molecule has 1 aromatic carbocycles. The summed E-state index contributed by atoms with van der Waals surface area (Å²) in [5.74, 6) is 0. The standard InChI is InChI=1S/C13H17NO/c15-13-11-7-2-1-4-9(11)8-12(13)14-10-5-3-6-10/h1-2,4,7,10,12-15H,3,5-6,8H2. The van der Waals surface area contributed by atoms with Crippen molar-refractivity contribution >= 4 is 0 Å². The van der Waals surface area contributed by atoms with Crippen LogP contribution in [0.5, 0.6) is 0 Å². The zero-order chi connectivity index (χ0) is 10.3. The Morgan fingerprint density at radius 1 is 1.20 bits per heavy atom. The van der Waals surface area contributed by atoms with Gasteiger partial charge in [-0.05, 0) is 30.4 Å². The number of fused-ring (bicyclic) bond motifs is 1. The van der Waals surface area contributed by atoms with Crippen LogP contribution in [0.3, 0.4) is 0 Å². The highest BCUT2D eigenvalue weighted by molar-refractivity contribution is 5.35. The second kappa shape index (κ2) is 3.62. The quantitative estimate of drug-likeness (QED) is 0.768. The third kappa shape index (κ3) is 1.58. The van der Waals surface area contributed by atoms with Crippen LogP contribution in [0, 0.1) is 0 Å². The SMILES string of the molecule is OC1c2ccccc2CC1NC1CCC1. The zero-order valence-electron chi connectivity index (χ0n) is 8.82. The van der Waals surface area contributed by atoms with Crippen LogP contribution in [0.2, 0.25) is 0 Å². The van der Waals surface area contributed by atoms with Gasteiger partial charge in [0.1, 0.15) is 0 Å². The fourth-order valence-corrected chi connectivity index (χ4v) is 2.60. The second-order valence-electron chi connectivity index (χ2n) is 4.75. The molecule has 2 aliphatic carbocycles. The number of nitrogens with one attached hydrogen (secondary N) is 1. The van der Waals surface area contributed by atoms with E-state index < -0.39 is 0 Å². The van der Waals surface area contributed by atoms with E-state index in [1.807, 2.05) is 12.1 Å². The number of aliphatic hydroxyl groups excluding tert-OH is 1. The molecule has 0 spiro atoms. The van der Waals surface area contributed by atoms with Gasteiger partial charge in [0.2, 0.25) is 0 Å². The van der Waals surface area contributed by atoms with Gasteiger partial charge >= 0.3 is 0 Å². The molecule has 0 aromatic heterocycles. The van der Waals surface area contributed by atoms with Crippen molar-refractivity contribution < 1.29 is 5.11 Å². The van der Waals surface area contributed by atoms with Crippen LogP contribution in [0.15, 0.2) is 24.3 Å². The first-order valence-electron chi connectivity index (χ1n) is 5.86. The highest BCUT2D eigenvalue weighted by Gasteiger charge is 2.32. The van der Waals surface area contributed by atoms with E-state index in [2.05, 4.69) is 17.4 Å². The molecular weight excluding hydrogens is 186 g/mol. The zero-order valence-corrected chi connectivity index (χ0v) is 8.82. The average Bonchev–Trinajstić information content (AvgIpc) is 2.51.